The first-order chi connectivity index (χ1) is 12.8. The highest BCUT2D eigenvalue weighted by Crippen LogP contribution is 2.17. The molecule has 0 aliphatic carbocycles. The molecule has 0 aliphatic rings. The number of carbonyl (C=O) groups excluding carboxylic acids is 2. The van der Waals surface area contributed by atoms with Crippen LogP contribution in [0.4, 0.5) is 5.69 Å². The third-order valence-corrected chi connectivity index (χ3v) is 4.88. The van der Waals surface area contributed by atoms with E-state index in [1.54, 1.807) is 49.4 Å². The fraction of sp³-hybridized carbons (Fsp3) is 0.263. The topological polar surface area (TPSA) is 92.8 Å². The molecule has 0 atom stereocenters. The predicted octanol–water partition coefficient (Wildman–Crippen LogP) is 2.26. The van der Waals surface area contributed by atoms with Gasteiger partial charge in [-0.1, -0.05) is 42.5 Å². The Hall–Kier alpha value is -2.71. The molecule has 144 valence electrons. The number of carbonyl (C=O) groups is 2. The molecular formula is C19H22N2O5S. The van der Waals surface area contributed by atoms with E-state index < -0.39 is 21.9 Å². The maximum Gasteiger partial charge on any atom is 0.340 e. The molecule has 1 amide bonds. The first-order valence-corrected chi connectivity index (χ1v) is 10.2. The van der Waals surface area contributed by atoms with E-state index in [-0.39, 0.29) is 30.9 Å². The summed E-state index contributed by atoms with van der Waals surface area (Å²) in [5.74, 6) is -1.11. The molecule has 0 radical (unpaired) electrons. The lowest BCUT2D eigenvalue weighted by Gasteiger charge is -2.20. The quantitative estimate of drug-likeness (QED) is 0.698. The van der Waals surface area contributed by atoms with Crippen LogP contribution >= 0.6 is 0 Å². The normalized spacial score (nSPS) is 11.2. The van der Waals surface area contributed by atoms with E-state index in [0.29, 0.717) is 0 Å². The first kappa shape index (κ1) is 20.6. The number of rotatable bonds is 8. The smallest absolute Gasteiger partial charge is 0.340 e. The maximum absolute atomic E-state index is 12.4. The van der Waals surface area contributed by atoms with Crippen LogP contribution in [0.3, 0.4) is 0 Å². The molecule has 27 heavy (non-hydrogen) atoms. The third kappa shape index (κ3) is 6.19. The van der Waals surface area contributed by atoms with Crippen molar-refractivity contribution in [2.24, 2.45) is 0 Å². The van der Waals surface area contributed by atoms with Gasteiger partial charge in [-0.15, -0.1) is 0 Å². The van der Waals surface area contributed by atoms with Crippen LogP contribution in [0.15, 0.2) is 54.6 Å². The molecule has 0 aliphatic heterocycles. The van der Waals surface area contributed by atoms with Gasteiger partial charge >= 0.3 is 5.97 Å². The predicted molar refractivity (Wildman–Crippen MR) is 103 cm³/mol. The average Bonchev–Trinajstić information content (AvgIpc) is 2.62. The number of hydrogen-bond donors (Lipinski definition) is 1. The van der Waals surface area contributed by atoms with E-state index in [1.807, 2.05) is 6.07 Å². The van der Waals surface area contributed by atoms with Crippen molar-refractivity contribution in [2.75, 3.05) is 24.7 Å². The highest BCUT2D eigenvalue weighted by molar-refractivity contribution is 7.88. The Morgan fingerprint density at radius 1 is 1.04 bits per heavy atom. The zero-order valence-corrected chi connectivity index (χ0v) is 16.0. The van der Waals surface area contributed by atoms with Gasteiger partial charge in [-0.2, -0.15) is 4.31 Å². The SMILES string of the molecule is CCOC(=O)c1ccccc1NC(=O)CN(Cc1ccccc1)S(C)(=O)=O. The summed E-state index contributed by atoms with van der Waals surface area (Å²) >= 11 is 0. The lowest BCUT2D eigenvalue weighted by Crippen LogP contribution is -2.37. The standard InChI is InChI=1S/C19H22N2O5S/c1-3-26-19(23)16-11-7-8-12-17(16)20-18(22)14-21(27(2,24)25)13-15-9-5-4-6-10-15/h4-12H,3,13-14H2,1-2H3,(H,20,22). The minimum Gasteiger partial charge on any atom is -0.462 e. The van der Waals surface area contributed by atoms with Gasteiger partial charge in [0.05, 0.1) is 30.7 Å². The molecule has 0 aromatic heterocycles. The van der Waals surface area contributed by atoms with Gasteiger partial charge < -0.3 is 10.1 Å². The van der Waals surface area contributed by atoms with Gasteiger partial charge in [0.25, 0.3) is 0 Å². The van der Waals surface area contributed by atoms with Crippen molar-refractivity contribution in [3.05, 3.63) is 65.7 Å². The van der Waals surface area contributed by atoms with Crippen LogP contribution in [-0.2, 0) is 26.1 Å². The van der Waals surface area contributed by atoms with Gasteiger partial charge in [0, 0.05) is 6.54 Å². The van der Waals surface area contributed by atoms with Gasteiger partial charge in [0.1, 0.15) is 0 Å². The average molecular weight is 390 g/mol. The van der Waals surface area contributed by atoms with E-state index in [4.69, 9.17) is 4.74 Å². The van der Waals surface area contributed by atoms with Crippen molar-refractivity contribution in [3.63, 3.8) is 0 Å². The molecule has 2 aromatic rings. The number of amides is 1. The van der Waals surface area contributed by atoms with Crippen LogP contribution in [0.5, 0.6) is 0 Å². The lowest BCUT2D eigenvalue weighted by atomic mass is 10.2. The van der Waals surface area contributed by atoms with Crippen molar-refractivity contribution in [3.8, 4) is 0 Å². The molecule has 0 bridgehead atoms. The number of nitrogens with one attached hydrogen (secondary N) is 1. The molecule has 0 unspecified atom stereocenters. The summed E-state index contributed by atoms with van der Waals surface area (Å²) in [4.78, 5) is 24.4. The Balaban J connectivity index is 2.14. The van der Waals surface area contributed by atoms with Crippen LogP contribution in [0.1, 0.15) is 22.8 Å². The van der Waals surface area contributed by atoms with Crippen LogP contribution in [0, 0.1) is 0 Å². The van der Waals surface area contributed by atoms with E-state index in [9.17, 15) is 18.0 Å². The first-order valence-electron chi connectivity index (χ1n) is 8.36. The summed E-state index contributed by atoms with van der Waals surface area (Å²) in [5, 5.41) is 2.59. The molecule has 0 fully saturated rings. The van der Waals surface area contributed by atoms with Crippen LogP contribution in [0.2, 0.25) is 0 Å². The van der Waals surface area contributed by atoms with Gasteiger partial charge in [0.2, 0.25) is 15.9 Å². The van der Waals surface area contributed by atoms with Gasteiger partial charge in [-0.25, -0.2) is 13.2 Å². The summed E-state index contributed by atoms with van der Waals surface area (Å²) in [6.07, 6.45) is 1.05. The van der Waals surface area contributed by atoms with Gasteiger partial charge in [0.15, 0.2) is 0 Å². The Labute approximate surface area is 159 Å². The Kier molecular flexibility index (Phi) is 7.09. The maximum atomic E-state index is 12.4. The molecule has 0 spiro atoms. The van der Waals surface area contributed by atoms with E-state index >= 15 is 0 Å². The minimum absolute atomic E-state index is 0.0760. The largest absolute Gasteiger partial charge is 0.462 e. The summed E-state index contributed by atoms with van der Waals surface area (Å²) in [5.41, 5.74) is 1.25. The third-order valence-electron chi connectivity index (χ3n) is 3.69. The number of para-hydroxylation sites is 1. The second kappa shape index (κ2) is 9.29. The fourth-order valence-electron chi connectivity index (χ4n) is 2.41. The van der Waals surface area contributed by atoms with Crippen LogP contribution in [-0.4, -0.2) is 44.0 Å². The minimum atomic E-state index is -3.60. The van der Waals surface area contributed by atoms with E-state index in [2.05, 4.69) is 5.32 Å². The van der Waals surface area contributed by atoms with Crippen molar-refractivity contribution < 1.29 is 22.7 Å². The zero-order chi connectivity index (χ0) is 19.9. The van der Waals surface area contributed by atoms with Crippen molar-refractivity contribution in [2.45, 2.75) is 13.5 Å². The molecule has 0 heterocycles. The molecule has 1 N–H and O–H groups in total. The lowest BCUT2D eigenvalue weighted by molar-refractivity contribution is -0.116. The van der Waals surface area contributed by atoms with Crippen molar-refractivity contribution in [1.29, 1.82) is 0 Å². The second-order valence-electron chi connectivity index (χ2n) is 5.83. The highest BCUT2D eigenvalue weighted by atomic mass is 32.2. The molecule has 7 nitrogen and oxygen atoms in total. The second-order valence-corrected chi connectivity index (χ2v) is 7.81. The fourth-order valence-corrected chi connectivity index (χ4v) is 3.14. The number of benzene rings is 2. The van der Waals surface area contributed by atoms with E-state index in [0.717, 1.165) is 16.1 Å². The molecule has 2 rings (SSSR count). The zero-order valence-electron chi connectivity index (χ0n) is 15.2. The number of sulfonamides is 1. The summed E-state index contributed by atoms with van der Waals surface area (Å²) in [6, 6.07) is 15.4. The number of ether oxygens (including phenoxy) is 1. The molecule has 0 saturated heterocycles. The van der Waals surface area contributed by atoms with Crippen molar-refractivity contribution in [1.82, 2.24) is 4.31 Å². The Morgan fingerprint density at radius 2 is 1.67 bits per heavy atom. The van der Waals surface area contributed by atoms with Gasteiger partial charge in [-0.3, -0.25) is 4.79 Å². The summed E-state index contributed by atoms with van der Waals surface area (Å²) in [6.45, 7) is 1.60. The summed E-state index contributed by atoms with van der Waals surface area (Å²) in [7, 11) is -3.60. The number of esters is 1. The monoisotopic (exact) mass is 390 g/mol. The molecule has 2 aromatic carbocycles. The number of hydrogen-bond acceptors (Lipinski definition) is 5. The number of anilines is 1. The van der Waals surface area contributed by atoms with Gasteiger partial charge in [-0.05, 0) is 24.6 Å². The number of nitrogens with zero attached hydrogens (tertiary/aromatic N) is 1. The van der Waals surface area contributed by atoms with Crippen molar-refractivity contribution >= 4 is 27.6 Å². The van der Waals surface area contributed by atoms with E-state index in [1.165, 1.54) is 6.07 Å². The molecule has 8 heteroatoms. The van der Waals surface area contributed by atoms with Crippen LogP contribution < -0.4 is 5.32 Å². The van der Waals surface area contributed by atoms with Crippen LogP contribution in [0.25, 0.3) is 0 Å². The Morgan fingerprint density at radius 3 is 2.30 bits per heavy atom. The highest BCUT2D eigenvalue weighted by Gasteiger charge is 2.22. The Bertz CT molecular complexity index is 897. The molecular weight excluding hydrogens is 368 g/mol. The summed E-state index contributed by atoms with van der Waals surface area (Å²) < 4.78 is 30.2. The molecule has 0 saturated carbocycles.